The number of pyridine rings is 4. The topological polar surface area (TPSA) is 51.6 Å². The monoisotopic (exact) mass is 682 g/mol. The van der Waals surface area contributed by atoms with Crippen LogP contribution in [0, 0.1) is 0 Å². The molecule has 0 N–H and O–H groups in total. The summed E-state index contributed by atoms with van der Waals surface area (Å²) in [5, 5.41) is 8.33. The molecule has 0 radical (unpaired) electrons. The number of hydrogen-bond acceptors (Lipinski definition) is 5. The Morgan fingerprint density at radius 2 is 1.27 bits per heavy atom. The second kappa shape index (κ2) is 11.4. The molecule has 0 bridgehead atoms. The van der Waals surface area contributed by atoms with Gasteiger partial charge in [0.05, 0.1) is 27.8 Å². The summed E-state index contributed by atoms with van der Waals surface area (Å²) in [6.07, 6.45) is 11.4. The molecule has 5 heterocycles. The average Bonchev–Trinajstić information content (AvgIpc) is 3.60. The van der Waals surface area contributed by atoms with E-state index >= 15 is 0 Å². The maximum Gasteiger partial charge on any atom is 0.0970 e. The first kappa shape index (κ1) is 29.4. The van der Waals surface area contributed by atoms with E-state index < -0.39 is 0 Å². The summed E-state index contributed by atoms with van der Waals surface area (Å²) >= 11 is 1.96. The molecule has 0 fully saturated rings. The quantitative estimate of drug-likeness (QED) is 0.174. The maximum atomic E-state index is 5.29. The van der Waals surface area contributed by atoms with Crippen LogP contribution in [0.1, 0.15) is 29.7 Å². The van der Waals surface area contributed by atoms with Crippen molar-refractivity contribution in [1.29, 1.82) is 0 Å². The van der Waals surface area contributed by atoms with E-state index in [1.807, 2.05) is 42.1 Å². The van der Waals surface area contributed by atoms with Crippen LogP contribution >= 0.6 is 11.3 Å². The van der Waals surface area contributed by atoms with Crippen LogP contribution in [-0.2, 0) is 0 Å². The van der Waals surface area contributed by atoms with Crippen molar-refractivity contribution in [2.24, 2.45) is 0 Å². The average molecular weight is 683 g/mol. The van der Waals surface area contributed by atoms with Crippen LogP contribution in [0.4, 0.5) is 0 Å². The lowest BCUT2D eigenvalue weighted by molar-refractivity contribution is 0.791. The summed E-state index contributed by atoms with van der Waals surface area (Å²) in [7, 11) is 0. The van der Waals surface area contributed by atoms with Crippen LogP contribution in [0.25, 0.3) is 104 Å². The van der Waals surface area contributed by atoms with Gasteiger partial charge in [0.15, 0.2) is 0 Å². The van der Waals surface area contributed by atoms with Crippen LogP contribution in [0.2, 0.25) is 0 Å². The fraction of sp³-hybridized carbons (Fsp3) is 0.0638. The van der Waals surface area contributed by atoms with E-state index in [0.29, 0.717) is 5.92 Å². The fourth-order valence-corrected chi connectivity index (χ4v) is 9.73. The van der Waals surface area contributed by atoms with Crippen molar-refractivity contribution >= 4 is 81.9 Å². The lowest BCUT2D eigenvalue weighted by Crippen LogP contribution is -1.94. The first-order valence-electron chi connectivity index (χ1n) is 17.8. The fourth-order valence-electron chi connectivity index (χ4n) is 8.32. The Hall–Kier alpha value is -6.30. The molecule has 5 aromatic heterocycles. The zero-order valence-electron chi connectivity index (χ0n) is 28.3. The van der Waals surface area contributed by atoms with Crippen molar-refractivity contribution in [1.82, 2.24) is 19.9 Å². The van der Waals surface area contributed by atoms with Gasteiger partial charge < -0.3 is 0 Å². The summed E-state index contributed by atoms with van der Waals surface area (Å²) in [5.74, 6) is 0.536. The molecule has 1 unspecified atom stereocenters. The number of para-hydroxylation sites is 1. The number of fused-ring (bicyclic) bond motifs is 11. The lowest BCUT2D eigenvalue weighted by atomic mass is 9.92. The van der Waals surface area contributed by atoms with Crippen LogP contribution in [0.15, 0.2) is 140 Å². The number of benzene rings is 5. The number of hydrogen-bond donors (Lipinski definition) is 0. The highest BCUT2D eigenvalue weighted by Gasteiger charge is 2.22. The zero-order valence-corrected chi connectivity index (χ0v) is 29.2. The molecule has 244 valence electrons. The minimum Gasteiger partial charge on any atom is -0.256 e. The molecule has 1 atom stereocenters. The number of rotatable bonds is 3. The Bertz CT molecular complexity index is 3120. The third-order valence-corrected chi connectivity index (χ3v) is 12.3. The first-order chi connectivity index (χ1) is 25.7. The van der Waals surface area contributed by atoms with Gasteiger partial charge in [0.1, 0.15) is 0 Å². The van der Waals surface area contributed by atoms with E-state index in [1.165, 1.54) is 36.7 Å². The standard InChI is InChI=1S/C47H30N4S/c1-27-7-4-10-36-37-21-22-39-41(47(37)52-46(27)36)38-9-2-3-12-40(38)51-42(39)30-15-13-28(14-16-30)31-19-20-32(34-11-6-25-49-44(31)34)33-23-26-50-45-35(33)18-17-29-8-5-24-48-43(29)45/h2-6,8-27H,7H2,1H3. The van der Waals surface area contributed by atoms with Crippen LogP contribution in [-0.4, -0.2) is 19.9 Å². The van der Waals surface area contributed by atoms with E-state index in [9.17, 15) is 0 Å². The van der Waals surface area contributed by atoms with Gasteiger partial charge in [-0.25, -0.2) is 4.98 Å². The number of thiophene rings is 1. The lowest BCUT2D eigenvalue weighted by Gasteiger charge is -2.14. The predicted octanol–water partition coefficient (Wildman–Crippen LogP) is 12.8. The van der Waals surface area contributed by atoms with Crippen LogP contribution in [0.3, 0.4) is 0 Å². The van der Waals surface area contributed by atoms with Gasteiger partial charge in [-0.1, -0.05) is 110 Å². The number of allylic oxidation sites excluding steroid dienone is 1. The van der Waals surface area contributed by atoms with Gasteiger partial charge in [0, 0.05) is 77.0 Å². The summed E-state index contributed by atoms with van der Waals surface area (Å²) in [5.41, 5.74) is 11.8. The van der Waals surface area contributed by atoms with E-state index in [0.717, 1.165) is 78.2 Å². The second-order valence-electron chi connectivity index (χ2n) is 13.8. The second-order valence-corrected chi connectivity index (χ2v) is 14.8. The molecular formula is C47H30N4S. The zero-order chi connectivity index (χ0) is 34.3. The van der Waals surface area contributed by atoms with Crippen molar-refractivity contribution in [3.8, 4) is 33.5 Å². The molecule has 11 rings (SSSR count). The summed E-state index contributed by atoms with van der Waals surface area (Å²) in [4.78, 5) is 21.2. The Morgan fingerprint density at radius 1 is 0.558 bits per heavy atom. The van der Waals surface area contributed by atoms with Gasteiger partial charge >= 0.3 is 0 Å². The molecule has 5 aromatic carbocycles. The largest absolute Gasteiger partial charge is 0.256 e. The summed E-state index contributed by atoms with van der Waals surface area (Å²) in [6.45, 7) is 2.35. The Balaban J connectivity index is 1.05. The van der Waals surface area contributed by atoms with Crippen LogP contribution in [0.5, 0.6) is 0 Å². The molecular weight excluding hydrogens is 653 g/mol. The number of aromatic nitrogens is 4. The highest BCUT2D eigenvalue weighted by molar-refractivity contribution is 7.20. The molecule has 0 saturated carbocycles. The molecule has 52 heavy (non-hydrogen) atoms. The van der Waals surface area contributed by atoms with E-state index in [-0.39, 0.29) is 0 Å². The highest BCUT2D eigenvalue weighted by Crippen LogP contribution is 2.47. The molecule has 1 aliphatic rings. The minimum absolute atomic E-state index is 0.536. The van der Waals surface area contributed by atoms with Gasteiger partial charge in [-0.3, -0.25) is 15.0 Å². The van der Waals surface area contributed by atoms with E-state index in [2.05, 4.69) is 127 Å². The molecule has 0 saturated heterocycles. The van der Waals surface area contributed by atoms with Crippen molar-refractivity contribution in [2.45, 2.75) is 19.3 Å². The molecule has 0 amide bonds. The molecule has 10 aromatic rings. The molecule has 5 heteroatoms. The van der Waals surface area contributed by atoms with E-state index in [1.54, 1.807) is 0 Å². The Kier molecular flexibility index (Phi) is 6.43. The predicted molar refractivity (Wildman–Crippen MR) is 219 cm³/mol. The van der Waals surface area contributed by atoms with E-state index in [4.69, 9.17) is 15.0 Å². The summed E-state index contributed by atoms with van der Waals surface area (Å²) < 4.78 is 1.36. The van der Waals surface area contributed by atoms with Crippen molar-refractivity contribution in [3.63, 3.8) is 0 Å². The SMILES string of the molecule is CC1CC=Cc2c1sc1c2ccc2c(-c3ccc(-c4ccc(-c5ccnc6c5ccc5cccnc56)c5cccnc45)cc3)nc3ccccc3c21. The van der Waals surface area contributed by atoms with Gasteiger partial charge in [0.2, 0.25) is 0 Å². The molecule has 0 spiro atoms. The van der Waals surface area contributed by atoms with Crippen molar-refractivity contribution in [3.05, 3.63) is 150 Å². The van der Waals surface area contributed by atoms with Crippen molar-refractivity contribution < 1.29 is 0 Å². The Labute approximate surface area is 303 Å². The molecule has 4 nitrogen and oxygen atoms in total. The van der Waals surface area contributed by atoms with Crippen molar-refractivity contribution in [2.75, 3.05) is 0 Å². The molecule has 1 aliphatic carbocycles. The van der Waals surface area contributed by atoms with Gasteiger partial charge in [-0.15, -0.1) is 11.3 Å². The molecule has 0 aliphatic heterocycles. The third-order valence-electron chi connectivity index (χ3n) is 10.8. The Morgan fingerprint density at radius 3 is 2.19 bits per heavy atom. The minimum atomic E-state index is 0.536. The smallest absolute Gasteiger partial charge is 0.0970 e. The van der Waals surface area contributed by atoms with Gasteiger partial charge in [-0.05, 0) is 58.9 Å². The van der Waals surface area contributed by atoms with Gasteiger partial charge in [0.25, 0.3) is 0 Å². The normalized spacial score (nSPS) is 14.3. The highest BCUT2D eigenvalue weighted by atomic mass is 32.1. The third kappa shape index (κ3) is 4.33. The summed E-state index contributed by atoms with van der Waals surface area (Å²) in [6, 6.07) is 41.2. The first-order valence-corrected chi connectivity index (χ1v) is 18.6. The number of nitrogens with zero attached hydrogens (tertiary/aromatic N) is 4. The van der Waals surface area contributed by atoms with Gasteiger partial charge in [-0.2, -0.15) is 0 Å². The maximum absolute atomic E-state index is 5.29. The van der Waals surface area contributed by atoms with Crippen LogP contribution < -0.4 is 0 Å².